The second-order valence-corrected chi connectivity index (χ2v) is 6.47. The number of carbonyl (C=O) groups excluding carboxylic acids is 1. The quantitative estimate of drug-likeness (QED) is 0.788. The third-order valence-corrected chi connectivity index (χ3v) is 4.85. The zero-order valence-corrected chi connectivity index (χ0v) is 14.6. The van der Waals surface area contributed by atoms with Crippen LogP contribution in [0.5, 0.6) is 0 Å². The third-order valence-electron chi connectivity index (χ3n) is 4.85. The Labute approximate surface area is 153 Å². The van der Waals surface area contributed by atoms with Crippen LogP contribution in [0.25, 0.3) is 0 Å². The number of amides is 2. The first-order valence-electron chi connectivity index (χ1n) is 8.96. The number of nitrogens with zero attached hydrogens (tertiary/aromatic N) is 3. The lowest BCUT2D eigenvalue weighted by Gasteiger charge is -2.37. The number of rotatable bonds is 4. The Morgan fingerprint density at radius 1 is 1.04 bits per heavy atom. The van der Waals surface area contributed by atoms with Gasteiger partial charge in [0.2, 0.25) is 0 Å². The van der Waals surface area contributed by atoms with Crippen LogP contribution < -0.4 is 5.32 Å². The van der Waals surface area contributed by atoms with Gasteiger partial charge in [-0.3, -0.25) is 4.98 Å². The summed E-state index contributed by atoms with van der Waals surface area (Å²) in [5.41, 5.74) is 3.45. The molecule has 0 bridgehead atoms. The van der Waals surface area contributed by atoms with Crippen LogP contribution in [-0.4, -0.2) is 33.6 Å². The second kappa shape index (κ2) is 7.44. The third kappa shape index (κ3) is 3.33. The van der Waals surface area contributed by atoms with Gasteiger partial charge in [0.1, 0.15) is 0 Å². The van der Waals surface area contributed by atoms with Crippen LogP contribution in [0.15, 0.2) is 73.2 Å². The lowest BCUT2D eigenvalue weighted by molar-refractivity contribution is 0.169. The van der Waals surface area contributed by atoms with Gasteiger partial charge in [0.25, 0.3) is 0 Å². The maximum atomic E-state index is 12.9. The number of fused-ring (bicyclic) bond motifs is 1. The van der Waals surface area contributed by atoms with E-state index in [1.165, 1.54) is 5.56 Å². The van der Waals surface area contributed by atoms with Gasteiger partial charge in [0.15, 0.2) is 0 Å². The molecule has 2 amide bonds. The van der Waals surface area contributed by atoms with Crippen molar-refractivity contribution in [3.63, 3.8) is 0 Å². The maximum absolute atomic E-state index is 12.9. The monoisotopic (exact) mass is 346 g/mol. The van der Waals surface area contributed by atoms with Crippen molar-refractivity contribution in [3.8, 4) is 0 Å². The van der Waals surface area contributed by atoms with E-state index in [0.717, 1.165) is 24.2 Å². The summed E-state index contributed by atoms with van der Waals surface area (Å²) in [7, 11) is 0. The molecule has 0 spiro atoms. The lowest BCUT2D eigenvalue weighted by atomic mass is 10.0. The SMILES string of the molecule is O=C(NCCc1ccccc1)N1CCn2cccc2C1c1ccncc1. The number of urea groups is 1. The standard InChI is InChI=1S/C21H22N4O/c26-21(23-13-8-17-5-2-1-3-6-17)25-16-15-24-14-4-7-19(24)20(25)18-9-11-22-12-10-18/h1-7,9-12,14,20H,8,13,15-16H2,(H,23,26). The Kier molecular flexibility index (Phi) is 4.69. The molecule has 0 fully saturated rings. The van der Waals surface area contributed by atoms with Crippen molar-refractivity contribution in [3.05, 3.63) is 90.0 Å². The van der Waals surface area contributed by atoms with Crippen LogP contribution in [0, 0.1) is 0 Å². The fourth-order valence-electron chi connectivity index (χ4n) is 3.56. The molecule has 3 heterocycles. The van der Waals surface area contributed by atoms with E-state index in [1.54, 1.807) is 12.4 Å². The van der Waals surface area contributed by atoms with E-state index in [9.17, 15) is 4.79 Å². The second-order valence-electron chi connectivity index (χ2n) is 6.47. The first kappa shape index (κ1) is 16.4. The van der Waals surface area contributed by atoms with E-state index in [-0.39, 0.29) is 12.1 Å². The summed E-state index contributed by atoms with van der Waals surface area (Å²) >= 11 is 0. The average Bonchev–Trinajstić information content (AvgIpc) is 3.17. The van der Waals surface area contributed by atoms with E-state index in [0.29, 0.717) is 13.1 Å². The molecule has 1 aliphatic heterocycles. The van der Waals surface area contributed by atoms with Gasteiger partial charge in [-0.05, 0) is 41.8 Å². The summed E-state index contributed by atoms with van der Waals surface area (Å²) in [6.45, 7) is 2.13. The van der Waals surface area contributed by atoms with E-state index < -0.39 is 0 Å². The average molecular weight is 346 g/mol. The molecule has 1 N–H and O–H groups in total. The van der Waals surface area contributed by atoms with Gasteiger partial charge in [-0.15, -0.1) is 0 Å². The Hall–Kier alpha value is -3.08. The highest BCUT2D eigenvalue weighted by Crippen LogP contribution is 2.31. The number of nitrogens with one attached hydrogen (secondary N) is 1. The van der Waals surface area contributed by atoms with Gasteiger partial charge < -0.3 is 14.8 Å². The zero-order valence-electron chi connectivity index (χ0n) is 14.6. The van der Waals surface area contributed by atoms with Crippen molar-refractivity contribution in [1.82, 2.24) is 19.8 Å². The van der Waals surface area contributed by atoms with Crippen LogP contribution in [0.1, 0.15) is 22.9 Å². The highest BCUT2D eigenvalue weighted by molar-refractivity contribution is 5.75. The molecule has 0 saturated carbocycles. The van der Waals surface area contributed by atoms with E-state index in [2.05, 4.69) is 39.3 Å². The largest absolute Gasteiger partial charge is 0.348 e. The minimum Gasteiger partial charge on any atom is -0.348 e. The Bertz CT molecular complexity index is 860. The molecule has 1 unspecified atom stereocenters. The number of hydrogen-bond acceptors (Lipinski definition) is 2. The number of benzene rings is 1. The predicted octanol–water partition coefficient (Wildman–Crippen LogP) is 3.24. The highest BCUT2D eigenvalue weighted by Gasteiger charge is 2.31. The zero-order chi connectivity index (χ0) is 17.8. The van der Waals surface area contributed by atoms with Gasteiger partial charge in [0.05, 0.1) is 6.04 Å². The molecule has 132 valence electrons. The molecule has 1 atom stereocenters. The van der Waals surface area contributed by atoms with Crippen LogP contribution in [0.2, 0.25) is 0 Å². The van der Waals surface area contributed by atoms with E-state index in [1.807, 2.05) is 41.3 Å². The smallest absolute Gasteiger partial charge is 0.318 e. The van der Waals surface area contributed by atoms with Gasteiger partial charge in [0, 0.05) is 43.9 Å². The molecular weight excluding hydrogens is 324 g/mol. The predicted molar refractivity (Wildman–Crippen MR) is 101 cm³/mol. The normalized spacial score (nSPS) is 16.2. The van der Waals surface area contributed by atoms with Crippen molar-refractivity contribution in [2.24, 2.45) is 0 Å². The lowest BCUT2D eigenvalue weighted by Crippen LogP contribution is -2.47. The summed E-state index contributed by atoms with van der Waals surface area (Å²) in [5.74, 6) is 0. The summed E-state index contributed by atoms with van der Waals surface area (Å²) in [6.07, 6.45) is 6.47. The van der Waals surface area contributed by atoms with Crippen LogP contribution in [0.4, 0.5) is 4.79 Å². The van der Waals surface area contributed by atoms with Crippen molar-refractivity contribution >= 4 is 6.03 Å². The fraction of sp³-hybridized carbons (Fsp3) is 0.238. The molecule has 2 aromatic heterocycles. The van der Waals surface area contributed by atoms with Crippen molar-refractivity contribution in [1.29, 1.82) is 0 Å². The summed E-state index contributed by atoms with van der Waals surface area (Å²) in [4.78, 5) is 18.9. The minimum absolute atomic E-state index is 0.0183. The first-order valence-corrected chi connectivity index (χ1v) is 8.96. The van der Waals surface area contributed by atoms with Gasteiger partial charge in [-0.1, -0.05) is 30.3 Å². The summed E-state index contributed by atoms with van der Waals surface area (Å²) in [6, 6.07) is 18.2. The van der Waals surface area contributed by atoms with Crippen molar-refractivity contribution in [2.45, 2.75) is 19.0 Å². The molecule has 0 aliphatic carbocycles. The molecule has 5 nitrogen and oxygen atoms in total. The van der Waals surface area contributed by atoms with Crippen molar-refractivity contribution < 1.29 is 4.79 Å². The van der Waals surface area contributed by atoms with Gasteiger partial charge in [-0.2, -0.15) is 0 Å². The molecule has 1 aromatic carbocycles. The molecule has 26 heavy (non-hydrogen) atoms. The molecule has 0 radical (unpaired) electrons. The number of aromatic nitrogens is 2. The van der Waals surface area contributed by atoms with E-state index >= 15 is 0 Å². The number of carbonyl (C=O) groups is 1. The molecular formula is C21H22N4O. The molecule has 3 aromatic rings. The molecule has 1 aliphatic rings. The van der Waals surface area contributed by atoms with Crippen LogP contribution in [-0.2, 0) is 13.0 Å². The molecule has 5 heteroatoms. The molecule has 4 rings (SSSR count). The van der Waals surface area contributed by atoms with Gasteiger partial charge in [-0.25, -0.2) is 4.79 Å². The molecule has 0 saturated heterocycles. The fourth-order valence-corrected chi connectivity index (χ4v) is 3.56. The Morgan fingerprint density at radius 3 is 2.65 bits per heavy atom. The van der Waals surface area contributed by atoms with Gasteiger partial charge >= 0.3 is 6.03 Å². The first-order chi connectivity index (χ1) is 12.8. The topological polar surface area (TPSA) is 50.2 Å². The van der Waals surface area contributed by atoms with Crippen LogP contribution >= 0.6 is 0 Å². The van der Waals surface area contributed by atoms with Crippen LogP contribution in [0.3, 0.4) is 0 Å². The highest BCUT2D eigenvalue weighted by atomic mass is 16.2. The summed E-state index contributed by atoms with van der Waals surface area (Å²) < 4.78 is 2.22. The number of hydrogen-bond donors (Lipinski definition) is 1. The Balaban J connectivity index is 1.50. The maximum Gasteiger partial charge on any atom is 0.318 e. The Morgan fingerprint density at radius 2 is 1.85 bits per heavy atom. The van der Waals surface area contributed by atoms with E-state index in [4.69, 9.17) is 0 Å². The minimum atomic E-state index is -0.0847. The van der Waals surface area contributed by atoms with Crippen molar-refractivity contribution in [2.75, 3.05) is 13.1 Å². The number of pyridine rings is 1. The summed E-state index contributed by atoms with van der Waals surface area (Å²) in [5, 5.41) is 3.09.